The number of benzene rings is 2. The zero-order chi connectivity index (χ0) is 20.5. The average molecular weight is 477 g/mol. The fraction of sp³-hybridized carbons (Fsp3) is 0.409. The van der Waals surface area contributed by atoms with E-state index in [0.717, 1.165) is 35.7 Å². The lowest BCUT2D eigenvalue weighted by Crippen LogP contribution is -2.43. The van der Waals surface area contributed by atoms with Gasteiger partial charge in [0.05, 0.1) is 10.3 Å². The lowest BCUT2D eigenvalue weighted by molar-refractivity contribution is -0.123. The van der Waals surface area contributed by atoms with Gasteiger partial charge in [-0.2, -0.15) is 4.31 Å². The Hall–Kier alpha value is -1.70. The molecular weight excluding hydrogens is 452 g/mol. The maximum Gasteiger partial charge on any atom is 0.243 e. The molecule has 1 aliphatic carbocycles. The van der Waals surface area contributed by atoms with Gasteiger partial charge in [0.1, 0.15) is 0 Å². The Morgan fingerprint density at radius 2 is 1.66 bits per heavy atom. The van der Waals surface area contributed by atoms with E-state index in [1.807, 2.05) is 30.3 Å². The van der Waals surface area contributed by atoms with Crippen LogP contribution in [0.25, 0.3) is 0 Å². The molecule has 0 aromatic heterocycles. The molecule has 4 rings (SSSR count). The van der Waals surface area contributed by atoms with Crippen LogP contribution in [0.15, 0.2) is 64.0 Å². The smallest absolute Gasteiger partial charge is 0.243 e. The summed E-state index contributed by atoms with van der Waals surface area (Å²) in [5.41, 5.74) is 0.694. The van der Waals surface area contributed by atoms with Crippen LogP contribution in [0, 0.1) is 5.92 Å². The molecule has 2 fully saturated rings. The predicted molar refractivity (Wildman–Crippen MR) is 116 cm³/mol. The number of rotatable bonds is 6. The summed E-state index contributed by atoms with van der Waals surface area (Å²) in [4.78, 5) is 13.2. The van der Waals surface area contributed by atoms with Crippen LogP contribution < -0.4 is 5.32 Å². The average Bonchev–Trinajstić information content (AvgIpc) is 3.55. The molecule has 1 amide bonds. The number of carbonyl (C=O) groups is 1. The molecule has 29 heavy (non-hydrogen) atoms. The molecule has 2 aliphatic rings. The summed E-state index contributed by atoms with van der Waals surface area (Å²) in [6.07, 6.45) is 3.29. The standard InChI is InChI=1S/C22H25BrN2O3S/c23-19-8-6-18(7-9-19)22(12-13-22)21(26)24-16-17-10-14-25(15-11-17)29(27,28)20-4-2-1-3-5-20/h1-9,17H,10-16H2,(H,24,26). The Morgan fingerprint density at radius 3 is 2.24 bits per heavy atom. The number of hydrogen-bond acceptors (Lipinski definition) is 3. The predicted octanol–water partition coefficient (Wildman–Crippen LogP) is 3.70. The minimum atomic E-state index is -3.43. The summed E-state index contributed by atoms with van der Waals surface area (Å²) in [6.45, 7) is 1.60. The van der Waals surface area contributed by atoms with Gasteiger partial charge in [0.15, 0.2) is 0 Å². The van der Waals surface area contributed by atoms with Crippen LogP contribution in [0.1, 0.15) is 31.2 Å². The Bertz CT molecular complexity index is 965. The molecule has 2 aromatic carbocycles. The number of nitrogens with zero attached hydrogens (tertiary/aromatic N) is 1. The first-order chi connectivity index (χ1) is 13.9. The van der Waals surface area contributed by atoms with Gasteiger partial charge in [0.2, 0.25) is 15.9 Å². The lowest BCUT2D eigenvalue weighted by atomic mass is 9.93. The maximum absolute atomic E-state index is 12.8. The van der Waals surface area contributed by atoms with E-state index < -0.39 is 10.0 Å². The summed E-state index contributed by atoms with van der Waals surface area (Å²) in [6, 6.07) is 16.6. The van der Waals surface area contributed by atoms with Gasteiger partial charge in [-0.1, -0.05) is 46.3 Å². The molecule has 2 aromatic rings. The van der Waals surface area contributed by atoms with E-state index in [-0.39, 0.29) is 11.3 Å². The van der Waals surface area contributed by atoms with Gasteiger partial charge in [-0.3, -0.25) is 4.79 Å². The van der Waals surface area contributed by atoms with Crippen molar-refractivity contribution in [2.24, 2.45) is 5.92 Å². The van der Waals surface area contributed by atoms with Crippen molar-refractivity contribution in [3.05, 3.63) is 64.6 Å². The normalized spacial score (nSPS) is 19.6. The molecule has 1 saturated carbocycles. The molecule has 1 aliphatic heterocycles. The first-order valence-electron chi connectivity index (χ1n) is 10.0. The van der Waals surface area contributed by atoms with Crippen LogP contribution >= 0.6 is 15.9 Å². The van der Waals surface area contributed by atoms with Crippen LogP contribution in [0.4, 0.5) is 0 Å². The van der Waals surface area contributed by atoms with Gasteiger partial charge in [-0.25, -0.2) is 8.42 Å². The second-order valence-corrected chi connectivity index (χ2v) is 10.8. The summed E-state index contributed by atoms with van der Waals surface area (Å²) in [7, 11) is -3.43. The number of carbonyl (C=O) groups excluding carboxylic acids is 1. The quantitative estimate of drug-likeness (QED) is 0.690. The topological polar surface area (TPSA) is 66.5 Å². The van der Waals surface area contributed by atoms with Crippen molar-refractivity contribution in [1.29, 1.82) is 0 Å². The summed E-state index contributed by atoms with van der Waals surface area (Å²) in [5.74, 6) is 0.404. The molecule has 0 radical (unpaired) electrons. The highest BCUT2D eigenvalue weighted by molar-refractivity contribution is 9.10. The van der Waals surface area contributed by atoms with E-state index in [0.29, 0.717) is 30.4 Å². The van der Waals surface area contributed by atoms with Crippen LogP contribution in [-0.2, 0) is 20.2 Å². The largest absolute Gasteiger partial charge is 0.355 e. The maximum atomic E-state index is 12.8. The molecule has 1 saturated heterocycles. The number of amides is 1. The van der Waals surface area contributed by atoms with Crippen molar-refractivity contribution in [3.63, 3.8) is 0 Å². The van der Waals surface area contributed by atoms with Gasteiger partial charge in [-0.05, 0) is 61.4 Å². The molecule has 1 heterocycles. The van der Waals surface area contributed by atoms with E-state index in [1.165, 1.54) is 0 Å². The zero-order valence-corrected chi connectivity index (χ0v) is 18.6. The van der Waals surface area contributed by atoms with Gasteiger partial charge in [0, 0.05) is 24.1 Å². The molecule has 7 heteroatoms. The number of halogens is 1. The van der Waals surface area contributed by atoms with E-state index in [2.05, 4.69) is 21.2 Å². The van der Waals surface area contributed by atoms with Crippen molar-refractivity contribution in [2.75, 3.05) is 19.6 Å². The highest BCUT2D eigenvalue weighted by Gasteiger charge is 2.51. The third-order valence-corrected chi connectivity index (χ3v) is 8.53. The van der Waals surface area contributed by atoms with Gasteiger partial charge in [0.25, 0.3) is 0 Å². The molecule has 0 bridgehead atoms. The lowest BCUT2D eigenvalue weighted by Gasteiger charge is -2.31. The highest BCUT2D eigenvalue weighted by Crippen LogP contribution is 2.48. The van der Waals surface area contributed by atoms with Crippen LogP contribution in [0.5, 0.6) is 0 Å². The zero-order valence-electron chi connectivity index (χ0n) is 16.2. The molecule has 154 valence electrons. The van der Waals surface area contributed by atoms with Crippen LogP contribution in [0.3, 0.4) is 0 Å². The van der Waals surface area contributed by atoms with E-state index in [4.69, 9.17) is 0 Å². The summed E-state index contributed by atoms with van der Waals surface area (Å²) in [5, 5.41) is 3.13. The molecular formula is C22H25BrN2O3S. The summed E-state index contributed by atoms with van der Waals surface area (Å²) >= 11 is 3.44. The van der Waals surface area contributed by atoms with Gasteiger partial charge < -0.3 is 5.32 Å². The molecule has 5 nitrogen and oxygen atoms in total. The Kier molecular flexibility index (Phi) is 5.82. The van der Waals surface area contributed by atoms with Crippen molar-refractivity contribution in [1.82, 2.24) is 9.62 Å². The van der Waals surface area contributed by atoms with Gasteiger partial charge in [-0.15, -0.1) is 0 Å². The number of hydrogen-bond donors (Lipinski definition) is 1. The Balaban J connectivity index is 1.30. The molecule has 0 spiro atoms. The summed E-state index contributed by atoms with van der Waals surface area (Å²) < 4.78 is 28.0. The molecule has 0 unspecified atom stereocenters. The van der Waals surface area contributed by atoms with Crippen molar-refractivity contribution in [3.8, 4) is 0 Å². The SMILES string of the molecule is O=C(NCC1CCN(S(=O)(=O)c2ccccc2)CC1)C1(c2ccc(Br)cc2)CC1. The first kappa shape index (κ1) is 20.6. The van der Waals surface area contributed by atoms with Crippen LogP contribution in [0.2, 0.25) is 0 Å². The molecule has 0 atom stereocenters. The fourth-order valence-electron chi connectivity index (χ4n) is 4.04. The minimum absolute atomic E-state index is 0.0964. The Morgan fingerprint density at radius 1 is 1.03 bits per heavy atom. The number of sulfonamides is 1. The van der Waals surface area contributed by atoms with E-state index in [1.54, 1.807) is 28.6 Å². The van der Waals surface area contributed by atoms with Crippen LogP contribution in [-0.4, -0.2) is 38.3 Å². The molecule has 1 N–H and O–H groups in total. The van der Waals surface area contributed by atoms with Crippen molar-refractivity contribution >= 4 is 31.9 Å². The van der Waals surface area contributed by atoms with E-state index in [9.17, 15) is 13.2 Å². The number of nitrogens with one attached hydrogen (secondary N) is 1. The number of piperidine rings is 1. The Labute approximate surface area is 180 Å². The second kappa shape index (κ2) is 8.20. The minimum Gasteiger partial charge on any atom is -0.355 e. The third kappa shape index (κ3) is 4.27. The third-order valence-electron chi connectivity index (χ3n) is 6.09. The van der Waals surface area contributed by atoms with E-state index >= 15 is 0 Å². The second-order valence-electron chi connectivity index (χ2n) is 7.96. The highest BCUT2D eigenvalue weighted by atomic mass is 79.9. The monoisotopic (exact) mass is 476 g/mol. The first-order valence-corrected chi connectivity index (χ1v) is 12.2. The fourth-order valence-corrected chi connectivity index (χ4v) is 5.80. The van der Waals surface area contributed by atoms with Gasteiger partial charge >= 0.3 is 0 Å². The van der Waals surface area contributed by atoms with Crippen molar-refractivity contribution in [2.45, 2.75) is 36.0 Å². The van der Waals surface area contributed by atoms with Crippen molar-refractivity contribution < 1.29 is 13.2 Å².